The van der Waals surface area contributed by atoms with Crippen LogP contribution in [-0.4, -0.2) is 33.3 Å². The maximum absolute atomic E-state index is 6.29. The van der Waals surface area contributed by atoms with Crippen molar-refractivity contribution < 1.29 is 9.31 Å². The summed E-state index contributed by atoms with van der Waals surface area (Å²) >= 11 is 0. The molecule has 1 aromatic heterocycles. The molecule has 1 fully saturated rings. The molecule has 0 spiro atoms. The summed E-state index contributed by atoms with van der Waals surface area (Å²) in [4.78, 5) is 14.5. The molecule has 0 N–H and O–H groups in total. The van der Waals surface area contributed by atoms with Crippen LogP contribution < -0.4 is 5.46 Å². The first-order valence-electron chi connectivity index (χ1n) is 13.1. The molecule has 0 radical (unpaired) electrons. The van der Waals surface area contributed by atoms with Crippen molar-refractivity contribution >= 4 is 18.2 Å². The lowest BCUT2D eigenvalue weighted by molar-refractivity contribution is 0.00578. The van der Waals surface area contributed by atoms with Gasteiger partial charge in [-0.25, -0.2) is 15.0 Å². The fourth-order valence-electron chi connectivity index (χ4n) is 4.57. The molecule has 2 aliphatic rings. The Morgan fingerprint density at radius 3 is 1.92 bits per heavy atom. The second-order valence-corrected chi connectivity index (χ2v) is 10.8. The van der Waals surface area contributed by atoms with Crippen molar-refractivity contribution in [3.63, 3.8) is 0 Å². The first-order valence-corrected chi connectivity index (χ1v) is 13.1. The molecule has 2 heterocycles. The summed E-state index contributed by atoms with van der Waals surface area (Å²) in [6.07, 6.45) is 10.7. The average molecular weight is 510 g/mol. The summed E-state index contributed by atoms with van der Waals surface area (Å²) in [6, 6.07) is 26.6. The highest BCUT2D eigenvalue weighted by Crippen LogP contribution is 2.37. The van der Waals surface area contributed by atoms with Crippen LogP contribution in [0.15, 0.2) is 103 Å². The third-order valence-electron chi connectivity index (χ3n) is 7.51. The van der Waals surface area contributed by atoms with Crippen molar-refractivity contribution in [1.82, 2.24) is 15.0 Å². The third kappa shape index (κ3) is 4.98. The second kappa shape index (κ2) is 9.83. The molecule has 0 unspecified atom stereocenters. The highest BCUT2D eigenvalue weighted by Gasteiger charge is 2.51. The second-order valence-electron chi connectivity index (χ2n) is 10.8. The summed E-state index contributed by atoms with van der Waals surface area (Å²) < 4.78 is 12.6. The lowest BCUT2D eigenvalue weighted by Gasteiger charge is -2.32. The minimum atomic E-state index is -0.416. The zero-order valence-electron chi connectivity index (χ0n) is 22.6. The van der Waals surface area contributed by atoms with Gasteiger partial charge in [-0.2, -0.15) is 0 Å². The van der Waals surface area contributed by atoms with Crippen LogP contribution in [0.2, 0.25) is 0 Å². The summed E-state index contributed by atoms with van der Waals surface area (Å²) in [5.41, 5.74) is 5.11. The van der Waals surface area contributed by atoms with Crippen LogP contribution in [-0.2, 0) is 9.31 Å². The van der Waals surface area contributed by atoms with Crippen LogP contribution in [0, 0.1) is 6.08 Å². The highest BCUT2D eigenvalue weighted by molar-refractivity contribution is 6.62. The molecule has 0 bridgehead atoms. The molecule has 5 nitrogen and oxygen atoms in total. The van der Waals surface area contributed by atoms with Crippen molar-refractivity contribution in [2.45, 2.75) is 38.9 Å². The van der Waals surface area contributed by atoms with E-state index in [1.807, 2.05) is 72.8 Å². The molecule has 1 aliphatic heterocycles. The molecule has 39 heavy (non-hydrogen) atoms. The normalized spacial score (nSPS) is 17.1. The van der Waals surface area contributed by atoms with E-state index in [9.17, 15) is 0 Å². The SMILES string of the molecule is CC1(C)OB(c2cccc(-c3cccc(-c4nc(C5=CC=[C+]C=C5)nc(-c5ccccc5)n4)c3)c2)OC1(C)C. The molecule has 0 amide bonds. The molecular formula is C33H29BN3O2+. The van der Waals surface area contributed by atoms with Gasteiger partial charge < -0.3 is 9.31 Å². The zero-order valence-corrected chi connectivity index (χ0v) is 22.6. The number of hydrogen-bond donors (Lipinski definition) is 0. The molecule has 3 aromatic carbocycles. The van der Waals surface area contributed by atoms with E-state index in [0.717, 1.165) is 33.3 Å². The Hall–Kier alpha value is -4.22. The van der Waals surface area contributed by atoms with Gasteiger partial charge in [-0.1, -0.05) is 72.8 Å². The number of nitrogens with zero attached hydrogens (tertiary/aromatic N) is 3. The Balaban J connectivity index is 1.39. The van der Waals surface area contributed by atoms with E-state index in [2.05, 4.69) is 64.1 Å². The lowest BCUT2D eigenvalue weighted by Crippen LogP contribution is -2.41. The molecular weight excluding hydrogens is 481 g/mol. The molecule has 1 saturated heterocycles. The summed E-state index contributed by atoms with van der Waals surface area (Å²) in [5, 5.41) is 0. The number of benzene rings is 3. The standard InChI is InChI=1S/C33H29BN3O2/c1-32(2)33(3,4)39-34(38-32)28-20-12-18-26(22-28)25-17-11-19-27(21-25)31-36-29(23-13-7-5-8-14-23)35-30(37-31)24-15-9-6-10-16-24/h5,7-22H,1-4H3/q+1. The van der Waals surface area contributed by atoms with Gasteiger partial charge in [0.2, 0.25) is 0 Å². The Kier molecular flexibility index (Phi) is 6.32. The topological polar surface area (TPSA) is 57.1 Å². The Bertz CT molecular complexity index is 1610. The van der Waals surface area contributed by atoms with Gasteiger partial charge in [0.1, 0.15) is 17.7 Å². The monoisotopic (exact) mass is 510 g/mol. The van der Waals surface area contributed by atoms with Gasteiger partial charge in [-0.3, -0.25) is 0 Å². The number of aromatic nitrogens is 3. The molecule has 0 saturated carbocycles. The van der Waals surface area contributed by atoms with Gasteiger partial charge in [0.15, 0.2) is 17.5 Å². The van der Waals surface area contributed by atoms with Gasteiger partial charge in [0, 0.05) is 17.2 Å². The maximum Gasteiger partial charge on any atom is 0.494 e. The van der Waals surface area contributed by atoms with Gasteiger partial charge in [-0.05, 0) is 50.4 Å². The third-order valence-corrected chi connectivity index (χ3v) is 7.51. The molecule has 6 heteroatoms. The van der Waals surface area contributed by atoms with Gasteiger partial charge in [0.25, 0.3) is 0 Å². The van der Waals surface area contributed by atoms with Crippen molar-refractivity contribution in [2.24, 2.45) is 0 Å². The summed E-state index contributed by atoms with van der Waals surface area (Å²) in [6.45, 7) is 8.28. The van der Waals surface area contributed by atoms with Crippen LogP contribution in [0.3, 0.4) is 0 Å². The van der Waals surface area contributed by atoms with E-state index < -0.39 is 18.3 Å². The van der Waals surface area contributed by atoms with E-state index in [4.69, 9.17) is 24.3 Å². The van der Waals surface area contributed by atoms with Crippen molar-refractivity contribution in [1.29, 1.82) is 0 Å². The van der Waals surface area contributed by atoms with Crippen molar-refractivity contribution in [3.05, 3.63) is 115 Å². The first-order chi connectivity index (χ1) is 18.8. The molecule has 6 rings (SSSR count). The smallest absolute Gasteiger partial charge is 0.399 e. The molecule has 1 aliphatic carbocycles. The number of rotatable bonds is 5. The van der Waals surface area contributed by atoms with E-state index in [0.29, 0.717) is 17.5 Å². The van der Waals surface area contributed by atoms with Crippen LogP contribution >= 0.6 is 0 Å². The zero-order chi connectivity index (χ0) is 27.0. The van der Waals surface area contributed by atoms with Crippen LogP contribution in [0.1, 0.15) is 33.5 Å². The van der Waals surface area contributed by atoms with Crippen molar-refractivity contribution in [3.8, 4) is 33.9 Å². The van der Waals surface area contributed by atoms with E-state index in [-0.39, 0.29) is 0 Å². The fraction of sp³-hybridized carbons (Fsp3) is 0.182. The quantitative estimate of drug-likeness (QED) is 0.227. The predicted molar refractivity (Wildman–Crippen MR) is 157 cm³/mol. The fourth-order valence-corrected chi connectivity index (χ4v) is 4.57. The largest absolute Gasteiger partial charge is 0.494 e. The van der Waals surface area contributed by atoms with Gasteiger partial charge in [-0.15, -0.1) is 0 Å². The van der Waals surface area contributed by atoms with Gasteiger partial charge >= 0.3 is 7.12 Å². The minimum absolute atomic E-state index is 0.392. The van der Waals surface area contributed by atoms with E-state index in [1.54, 1.807) is 0 Å². The summed E-state index contributed by atoms with van der Waals surface area (Å²) in [7, 11) is -0.416. The number of hydrogen-bond acceptors (Lipinski definition) is 5. The maximum atomic E-state index is 6.29. The van der Waals surface area contributed by atoms with E-state index >= 15 is 0 Å². The first kappa shape index (κ1) is 25.1. The Labute approximate surface area is 230 Å². The minimum Gasteiger partial charge on any atom is -0.399 e. The number of allylic oxidation sites excluding steroid dienone is 6. The predicted octanol–water partition coefficient (Wildman–Crippen LogP) is 6.48. The molecule has 0 atom stereocenters. The Morgan fingerprint density at radius 2 is 1.23 bits per heavy atom. The Morgan fingerprint density at radius 1 is 0.641 bits per heavy atom. The van der Waals surface area contributed by atoms with Crippen LogP contribution in [0.4, 0.5) is 0 Å². The lowest BCUT2D eigenvalue weighted by atomic mass is 9.78. The van der Waals surface area contributed by atoms with E-state index in [1.165, 1.54) is 0 Å². The average Bonchev–Trinajstić information content (AvgIpc) is 3.20. The summed E-state index contributed by atoms with van der Waals surface area (Å²) in [5.74, 6) is 1.88. The highest BCUT2D eigenvalue weighted by atomic mass is 16.7. The van der Waals surface area contributed by atoms with Crippen molar-refractivity contribution in [2.75, 3.05) is 0 Å². The molecule has 4 aromatic rings. The van der Waals surface area contributed by atoms with Crippen LogP contribution in [0.5, 0.6) is 0 Å². The molecule has 190 valence electrons. The van der Waals surface area contributed by atoms with Crippen LogP contribution in [0.25, 0.3) is 39.5 Å². The van der Waals surface area contributed by atoms with Gasteiger partial charge in [0.05, 0.1) is 23.4 Å².